The van der Waals surface area contributed by atoms with Crippen LogP contribution in [0.15, 0.2) is 24.3 Å². The van der Waals surface area contributed by atoms with Crippen molar-refractivity contribution in [3.63, 3.8) is 0 Å². The van der Waals surface area contributed by atoms with E-state index in [-0.39, 0.29) is 29.2 Å². The van der Waals surface area contributed by atoms with Crippen molar-refractivity contribution in [3.8, 4) is 0 Å². The molecule has 2 aliphatic rings. The number of benzene rings is 1. The number of hydrogen-bond acceptors (Lipinski definition) is 4. The van der Waals surface area contributed by atoms with Crippen molar-refractivity contribution in [3.05, 3.63) is 29.8 Å². The van der Waals surface area contributed by atoms with E-state index in [1.54, 1.807) is 0 Å². The molecule has 0 spiro atoms. The Morgan fingerprint density at radius 1 is 1.07 bits per heavy atom. The van der Waals surface area contributed by atoms with Crippen LogP contribution in [-0.2, 0) is 25.3 Å². The van der Waals surface area contributed by atoms with Crippen molar-refractivity contribution in [2.45, 2.75) is 38.3 Å². The van der Waals surface area contributed by atoms with Crippen molar-refractivity contribution in [1.29, 1.82) is 0 Å². The molecule has 1 aromatic carbocycles. The Morgan fingerprint density at radius 3 is 2.22 bits per heavy atom. The fourth-order valence-corrected chi connectivity index (χ4v) is 3.87. The highest BCUT2D eigenvalue weighted by Crippen LogP contribution is 2.40. The van der Waals surface area contributed by atoms with Crippen molar-refractivity contribution >= 4 is 23.3 Å². The number of alkyl halides is 3. The molecule has 146 valence electrons. The van der Waals surface area contributed by atoms with Gasteiger partial charge in [-0.15, -0.1) is 0 Å². The van der Waals surface area contributed by atoms with Gasteiger partial charge in [-0.1, -0.05) is 6.42 Å². The van der Waals surface area contributed by atoms with Crippen LogP contribution in [0.2, 0.25) is 0 Å². The molecule has 0 radical (unpaired) electrons. The molecule has 2 aliphatic carbocycles. The molecule has 3 rings (SSSR count). The Hall–Kier alpha value is -2.38. The zero-order chi connectivity index (χ0) is 19.6. The van der Waals surface area contributed by atoms with Gasteiger partial charge in [0.05, 0.1) is 11.5 Å². The summed E-state index contributed by atoms with van der Waals surface area (Å²) in [4.78, 5) is 36.1. The first-order chi connectivity index (χ1) is 12.7. The minimum absolute atomic E-state index is 0.0870. The third-order valence-corrected chi connectivity index (χ3v) is 5.22. The summed E-state index contributed by atoms with van der Waals surface area (Å²) >= 11 is 0. The molecule has 1 aromatic rings. The molecule has 2 fully saturated rings. The molecule has 2 bridgehead atoms. The second-order valence-electron chi connectivity index (χ2n) is 7.13. The summed E-state index contributed by atoms with van der Waals surface area (Å²) < 4.78 is 42.6. The van der Waals surface area contributed by atoms with Crippen LogP contribution < -0.4 is 5.32 Å². The van der Waals surface area contributed by atoms with Gasteiger partial charge < -0.3 is 10.1 Å². The van der Waals surface area contributed by atoms with Gasteiger partial charge in [-0.3, -0.25) is 14.4 Å². The Labute approximate surface area is 154 Å². The van der Waals surface area contributed by atoms with Crippen LogP contribution in [0, 0.1) is 17.8 Å². The van der Waals surface area contributed by atoms with E-state index in [4.69, 9.17) is 4.74 Å². The number of nitrogens with one attached hydrogen (secondary N) is 1. The highest BCUT2D eigenvalue weighted by molar-refractivity contribution is 5.93. The number of halogens is 3. The second kappa shape index (κ2) is 7.70. The first-order valence-corrected chi connectivity index (χ1v) is 8.91. The summed E-state index contributed by atoms with van der Waals surface area (Å²) in [7, 11) is 0. The van der Waals surface area contributed by atoms with Crippen LogP contribution >= 0.6 is 0 Å². The van der Waals surface area contributed by atoms with Gasteiger partial charge in [0, 0.05) is 17.5 Å². The molecule has 1 N–H and O–H groups in total. The number of rotatable bonds is 4. The predicted molar refractivity (Wildman–Crippen MR) is 89.6 cm³/mol. The maximum atomic E-state index is 12.5. The molecule has 8 heteroatoms. The lowest BCUT2D eigenvalue weighted by Gasteiger charge is -2.36. The minimum Gasteiger partial charge on any atom is -0.455 e. The number of carbonyl (C=O) groups is 3. The van der Waals surface area contributed by atoms with Crippen LogP contribution in [0.1, 0.15) is 37.7 Å². The van der Waals surface area contributed by atoms with Gasteiger partial charge in [0.25, 0.3) is 5.91 Å². The van der Waals surface area contributed by atoms with Gasteiger partial charge in [-0.25, -0.2) is 0 Å². The van der Waals surface area contributed by atoms with Gasteiger partial charge in [0.2, 0.25) is 0 Å². The molecular weight excluding hydrogens is 363 g/mol. The molecule has 27 heavy (non-hydrogen) atoms. The predicted octanol–water partition coefficient (Wildman–Crippen LogP) is 3.58. The van der Waals surface area contributed by atoms with Gasteiger partial charge in [-0.2, -0.15) is 13.2 Å². The number of Topliss-reactive ketones (excluding diaryl/α,β-unsaturated/α-hetero) is 1. The Bertz CT molecular complexity index is 713. The Morgan fingerprint density at radius 2 is 1.67 bits per heavy atom. The average molecular weight is 383 g/mol. The van der Waals surface area contributed by atoms with Gasteiger partial charge in [-0.05, 0) is 49.9 Å². The first kappa shape index (κ1) is 19.4. The van der Waals surface area contributed by atoms with E-state index >= 15 is 0 Å². The number of ether oxygens (including phenoxy) is 1. The van der Waals surface area contributed by atoms with E-state index in [9.17, 15) is 27.6 Å². The third-order valence-electron chi connectivity index (χ3n) is 5.22. The zero-order valence-corrected chi connectivity index (χ0v) is 14.6. The largest absolute Gasteiger partial charge is 0.455 e. The van der Waals surface area contributed by atoms with E-state index < -0.39 is 30.2 Å². The van der Waals surface area contributed by atoms with Crippen LogP contribution in [0.3, 0.4) is 0 Å². The lowest BCUT2D eigenvalue weighted by atomic mass is 9.67. The van der Waals surface area contributed by atoms with Crippen LogP contribution in [0.4, 0.5) is 18.9 Å². The first-order valence-electron chi connectivity index (χ1n) is 8.91. The number of amides is 1. The minimum atomic E-state index is -4.45. The molecular formula is C19H20F3NO4. The van der Waals surface area contributed by atoms with E-state index in [1.165, 1.54) is 0 Å². The van der Waals surface area contributed by atoms with Crippen molar-refractivity contribution in [1.82, 2.24) is 0 Å². The standard InChI is InChI=1S/C19H20F3NO4/c20-19(21,22)14-4-6-15(7-5-14)23-16(24)10-27-18(26)13-8-11-2-1-3-12(9-13)17(11)25/h4-7,11-13H,1-3,8-10H2,(H,23,24)/t11-,12+,13?. The fraction of sp³-hybridized carbons (Fsp3) is 0.526. The number of carbonyl (C=O) groups excluding carboxylic acids is 3. The third kappa shape index (κ3) is 4.67. The van der Waals surface area contributed by atoms with E-state index in [0.717, 1.165) is 43.5 Å². The molecule has 5 nitrogen and oxygen atoms in total. The van der Waals surface area contributed by atoms with Crippen molar-refractivity contribution in [2.75, 3.05) is 11.9 Å². The molecule has 1 unspecified atom stereocenters. The quantitative estimate of drug-likeness (QED) is 0.807. The molecule has 1 amide bonds. The Balaban J connectivity index is 1.47. The van der Waals surface area contributed by atoms with Crippen LogP contribution in [-0.4, -0.2) is 24.3 Å². The molecule has 0 saturated heterocycles. The fourth-order valence-electron chi connectivity index (χ4n) is 3.87. The topological polar surface area (TPSA) is 72.5 Å². The number of esters is 1. The molecule has 0 aliphatic heterocycles. The van der Waals surface area contributed by atoms with Crippen LogP contribution in [0.25, 0.3) is 0 Å². The summed E-state index contributed by atoms with van der Waals surface area (Å²) in [5.74, 6) is -1.44. The van der Waals surface area contributed by atoms with Crippen molar-refractivity contribution < 1.29 is 32.3 Å². The summed E-state index contributed by atoms with van der Waals surface area (Å²) in [5, 5.41) is 2.39. The maximum Gasteiger partial charge on any atom is 0.416 e. The van der Waals surface area contributed by atoms with Crippen molar-refractivity contribution in [2.24, 2.45) is 17.8 Å². The summed E-state index contributed by atoms with van der Waals surface area (Å²) in [5.41, 5.74) is -0.633. The summed E-state index contributed by atoms with van der Waals surface area (Å²) in [6.07, 6.45) is -0.916. The van der Waals surface area contributed by atoms with Crippen LogP contribution in [0.5, 0.6) is 0 Å². The summed E-state index contributed by atoms with van der Waals surface area (Å²) in [6.45, 7) is -0.514. The maximum absolute atomic E-state index is 12.5. The van der Waals surface area contributed by atoms with E-state index in [0.29, 0.717) is 12.8 Å². The van der Waals surface area contributed by atoms with Gasteiger partial charge in [0.1, 0.15) is 5.78 Å². The van der Waals surface area contributed by atoms with E-state index in [2.05, 4.69) is 5.32 Å². The smallest absolute Gasteiger partial charge is 0.416 e. The monoisotopic (exact) mass is 383 g/mol. The molecule has 2 saturated carbocycles. The van der Waals surface area contributed by atoms with Gasteiger partial charge >= 0.3 is 12.1 Å². The summed E-state index contributed by atoms with van der Waals surface area (Å²) in [6, 6.07) is 3.99. The zero-order valence-electron chi connectivity index (χ0n) is 14.6. The lowest BCUT2D eigenvalue weighted by molar-refractivity contribution is -0.155. The number of anilines is 1. The normalized spacial score (nSPS) is 25.0. The number of ketones is 1. The lowest BCUT2D eigenvalue weighted by Crippen LogP contribution is -2.40. The molecule has 0 aromatic heterocycles. The highest BCUT2D eigenvalue weighted by Gasteiger charge is 2.41. The number of fused-ring (bicyclic) bond motifs is 2. The van der Waals surface area contributed by atoms with E-state index in [1.807, 2.05) is 0 Å². The highest BCUT2D eigenvalue weighted by atomic mass is 19.4. The SMILES string of the molecule is O=C(COC(=O)C1C[C@H]2CCC[C@@H](C1)C2=O)Nc1ccc(C(F)(F)F)cc1. The Kier molecular flexibility index (Phi) is 5.53. The molecule has 3 atom stereocenters. The second-order valence-corrected chi connectivity index (χ2v) is 7.13. The number of hydrogen-bond donors (Lipinski definition) is 1. The van der Waals surface area contributed by atoms with Gasteiger partial charge in [0.15, 0.2) is 6.61 Å². The average Bonchev–Trinajstić information content (AvgIpc) is 2.59. The molecule has 0 heterocycles.